The van der Waals surface area contributed by atoms with E-state index in [1.807, 2.05) is 24.6 Å². The van der Waals surface area contributed by atoms with Crippen molar-refractivity contribution >= 4 is 22.6 Å². The number of aromatic nitrogens is 3. The number of hydrogen-bond acceptors (Lipinski definition) is 7. The Morgan fingerprint density at radius 1 is 1.31 bits per heavy atom. The topological polar surface area (TPSA) is 127 Å². The third kappa shape index (κ3) is 3.80. The second-order valence-electron chi connectivity index (χ2n) is 7.27. The number of nitro benzene ring substituents is 1. The van der Waals surface area contributed by atoms with Crippen molar-refractivity contribution in [1.82, 2.24) is 30.9 Å². The fraction of sp³-hybridized carbons (Fsp3) is 0.316. The van der Waals surface area contributed by atoms with Crippen LogP contribution in [0.25, 0.3) is 11.0 Å². The Morgan fingerprint density at radius 3 is 2.90 bits per heavy atom. The van der Waals surface area contributed by atoms with Crippen molar-refractivity contribution in [2.75, 3.05) is 0 Å². The van der Waals surface area contributed by atoms with Gasteiger partial charge in [-0.3, -0.25) is 14.9 Å². The van der Waals surface area contributed by atoms with E-state index in [1.165, 1.54) is 12.1 Å². The molecule has 29 heavy (non-hydrogen) atoms. The van der Waals surface area contributed by atoms with Crippen molar-refractivity contribution in [3.8, 4) is 0 Å². The highest BCUT2D eigenvalue weighted by atomic mass is 16.6. The summed E-state index contributed by atoms with van der Waals surface area (Å²) < 4.78 is 1.81. The quantitative estimate of drug-likeness (QED) is 0.446. The monoisotopic (exact) mass is 395 g/mol. The zero-order valence-electron chi connectivity index (χ0n) is 16.0. The maximum Gasteiger partial charge on any atom is 0.269 e. The van der Waals surface area contributed by atoms with Gasteiger partial charge < -0.3 is 5.32 Å². The molecular weight excluding hydrogens is 374 g/mol. The molecule has 4 rings (SSSR count). The Labute approximate surface area is 166 Å². The van der Waals surface area contributed by atoms with Crippen molar-refractivity contribution in [2.24, 2.45) is 0 Å². The second kappa shape index (κ2) is 7.57. The van der Waals surface area contributed by atoms with Gasteiger partial charge in [0.1, 0.15) is 0 Å². The molecular formula is C19H21N7O3. The molecule has 2 atom stereocenters. The zero-order chi connectivity index (χ0) is 20.5. The van der Waals surface area contributed by atoms with Crippen molar-refractivity contribution in [3.63, 3.8) is 0 Å². The molecule has 10 heteroatoms. The lowest BCUT2D eigenvalue weighted by atomic mass is 10.0. The second-order valence-corrected chi connectivity index (χ2v) is 7.27. The van der Waals surface area contributed by atoms with Gasteiger partial charge in [-0.1, -0.05) is 12.1 Å². The van der Waals surface area contributed by atoms with Gasteiger partial charge in [-0.15, -0.1) is 0 Å². The number of fused-ring (bicyclic) bond motifs is 1. The molecule has 2 aromatic heterocycles. The average Bonchev–Trinajstić information content (AvgIpc) is 3.34. The molecule has 0 saturated carbocycles. The lowest BCUT2D eigenvalue weighted by Gasteiger charge is -2.12. The Bertz CT molecular complexity index is 1080. The number of amides is 1. The minimum absolute atomic E-state index is 0.0399. The highest BCUT2D eigenvalue weighted by Gasteiger charge is 2.27. The summed E-state index contributed by atoms with van der Waals surface area (Å²) in [6.07, 6.45) is 3.47. The fourth-order valence-electron chi connectivity index (χ4n) is 3.41. The van der Waals surface area contributed by atoms with Crippen LogP contribution in [0.4, 0.5) is 5.69 Å². The summed E-state index contributed by atoms with van der Waals surface area (Å²) in [4.78, 5) is 27.6. The van der Waals surface area contributed by atoms with Crippen LogP contribution in [0.1, 0.15) is 48.3 Å². The molecule has 1 aliphatic heterocycles. The van der Waals surface area contributed by atoms with Gasteiger partial charge in [0, 0.05) is 42.2 Å². The summed E-state index contributed by atoms with van der Waals surface area (Å²) in [5, 5.41) is 19.0. The number of nitro groups is 1. The van der Waals surface area contributed by atoms with E-state index in [-0.39, 0.29) is 29.8 Å². The average molecular weight is 395 g/mol. The minimum atomic E-state index is -0.421. The molecule has 0 aliphatic carbocycles. The molecule has 150 valence electrons. The zero-order valence-corrected chi connectivity index (χ0v) is 16.0. The summed E-state index contributed by atoms with van der Waals surface area (Å²) >= 11 is 0. The highest BCUT2D eigenvalue weighted by Crippen LogP contribution is 2.25. The SMILES string of the molecule is CC(C)n1ncc2cc(C(=O)NC3CC(c4cccc([N+](=O)[O-])c4)NN3)cnc21. The molecule has 1 fully saturated rings. The van der Waals surface area contributed by atoms with Crippen LogP contribution in [0.15, 0.2) is 42.7 Å². The third-order valence-electron chi connectivity index (χ3n) is 4.88. The Balaban J connectivity index is 1.43. The lowest BCUT2D eigenvalue weighted by molar-refractivity contribution is -0.384. The van der Waals surface area contributed by atoms with Crippen LogP contribution in [-0.4, -0.2) is 31.8 Å². The van der Waals surface area contributed by atoms with Gasteiger partial charge in [-0.25, -0.2) is 20.5 Å². The predicted molar refractivity (Wildman–Crippen MR) is 106 cm³/mol. The molecule has 1 aliphatic rings. The largest absolute Gasteiger partial charge is 0.335 e. The molecule has 10 nitrogen and oxygen atoms in total. The first-order chi connectivity index (χ1) is 13.9. The van der Waals surface area contributed by atoms with Gasteiger partial charge >= 0.3 is 0 Å². The number of non-ortho nitro benzene ring substituents is 1. The van der Waals surface area contributed by atoms with E-state index in [1.54, 1.807) is 24.5 Å². The molecule has 0 spiro atoms. The van der Waals surface area contributed by atoms with E-state index >= 15 is 0 Å². The van der Waals surface area contributed by atoms with Crippen molar-refractivity contribution < 1.29 is 9.72 Å². The Hall–Kier alpha value is -3.37. The summed E-state index contributed by atoms with van der Waals surface area (Å²) in [5.41, 5.74) is 8.11. The molecule has 1 amide bonds. The summed E-state index contributed by atoms with van der Waals surface area (Å²) in [6.45, 7) is 4.04. The number of carbonyl (C=O) groups is 1. The van der Waals surface area contributed by atoms with Gasteiger partial charge in [-0.05, 0) is 25.5 Å². The first-order valence-electron chi connectivity index (χ1n) is 9.32. The predicted octanol–water partition coefficient (Wildman–Crippen LogP) is 2.22. The van der Waals surface area contributed by atoms with Crippen LogP contribution >= 0.6 is 0 Å². The smallest absolute Gasteiger partial charge is 0.269 e. The van der Waals surface area contributed by atoms with Gasteiger partial charge in [-0.2, -0.15) is 5.10 Å². The third-order valence-corrected chi connectivity index (χ3v) is 4.88. The van der Waals surface area contributed by atoms with Gasteiger partial charge in [0.15, 0.2) is 5.65 Å². The molecule has 0 bridgehead atoms. The van der Waals surface area contributed by atoms with Crippen LogP contribution in [0.3, 0.4) is 0 Å². The molecule has 2 unspecified atom stereocenters. The molecule has 3 heterocycles. The first kappa shape index (κ1) is 19.0. The van der Waals surface area contributed by atoms with E-state index in [4.69, 9.17) is 0 Å². The summed E-state index contributed by atoms with van der Waals surface area (Å²) in [7, 11) is 0. The summed E-state index contributed by atoms with van der Waals surface area (Å²) in [5.74, 6) is -0.254. The van der Waals surface area contributed by atoms with Gasteiger partial charge in [0.2, 0.25) is 0 Å². The van der Waals surface area contributed by atoms with Crippen molar-refractivity contribution in [3.05, 3.63) is 64.0 Å². The highest BCUT2D eigenvalue weighted by molar-refractivity contribution is 5.97. The van der Waals surface area contributed by atoms with Crippen LogP contribution in [0.2, 0.25) is 0 Å². The number of pyridine rings is 1. The number of nitrogens with zero attached hydrogens (tertiary/aromatic N) is 4. The minimum Gasteiger partial charge on any atom is -0.335 e. The molecule has 1 saturated heterocycles. The van der Waals surface area contributed by atoms with E-state index in [9.17, 15) is 14.9 Å². The summed E-state index contributed by atoms with van der Waals surface area (Å²) in [6, 6.07) is 8.26. The molecule has 3 aromatic rings. The Morgan fingerprint density at radius 2 is 2.14 bits per heavy atom. The lowest BCUT2D eigenvalue weighted by Crippen LogP contribution is -2.44. The van der Waals surface area contributed by atoms with Crippen LogP contribution in [0.5, 0.6) is 0 Å². The Kier molecular flexibility index (Phi) is 4.95. The number of rotatable bonds is 5. The maximum atomic E-state index is 12.6. The van der Waals surface area contributed by atoms with Gasteiger partial charge in [0.25, 0.3) is 11.6 Å². The number of nitrogens with one attached hydrogen (secondary N) is 3. The number of hydrazine groups is 1. The standard InChI is InChI=1S/C19H21N7O3/c1-11(2)25-18-13(10-21-25)6-14(9-20-18)19(27)22-17-8-16(23-24-17)12-4-3-5-15(7-12)26(28)29/h3-7,9-11,16-17,23-24H,8H2,1-2H3,(H,22,27). The van der Waals surface area contributed by atoms with E-state index < -0.39 is 4.92 Å². The van der Waals surface area contributed by atoms with E-state index in [2.05, 4.69) is 26.3 Å². The maximum absolute atomic E-state index is 12.6. The number of carbonyl (C=O) groups excluding carboxylic acids is 1. The van der Waals surface area contributed by atoms with Crippen LogP contribution < -0.4 is 16.2 Å². The molecule has 1 aromatic carbocycles. The molecule has 3 N–H and O–H groups in total. The van der Waals surface area contributed by atoms with E-state index in [0.717, 1.165) is 16.6 Å². The normalized spacial score (nSPS) is 19.0. The van der Waals surface area contributed by atoms with Gasteiger partial charge in [0.05, 0.1) is 22.8 Å². The molecule has 0 radical (unpaired) electrons. The number of benzene rings is 1. The van der Waals surface area contributed by atoms with Crippen LogP contribution in [-0.2, 0) is 0 Å². The van der Waals surface area contributed by atoms with E-state index in [0.29, 0.717) is 12.0 Å². The fourth-order valence-corrected chi connectivity index (χ4v) is 3.41. The van der Waals surface area contributed by atoms with Crippen molar-refractivity contribution in [2.45, 2.75) is 38.5 Å². The van der Waals surface area contributed by atoms with Crippen molar-refractivity contribution in [1.29, 1.82) is 0 Å². The number of hydrogen-bond donors (Lipinski definition) is 3. The first-order valence-corrected chi connectivity index (χ1v) is 9.32. The van der Waals surface area contributed by atoms with Crippen LogP contribution in [0, 0.1) is 10.1 Å².